The average molecular weight is 187 g/mol. The molecular formula is C12H13NO. The molecule has 0 aromatic carbocycles. The molecule has 0 saturated heterocycles. The molecule has 14 heavy (non-hydrogen) atoms. The van der Waals surface area contributed by atoms with Crippen molar-refractivity contribution in [3.8, 4) is 0 Å². The number of allylic oxidation sites excluding steroid dienone is 6. The number of nitrogens with zero attached hydrogens (tertiary/aromatic N) is 1. The Morgan fingerprint density at radius 1 is 1.50 bits per heavy atom. The molecule has 0 radical (unpaired) electrons. The van der Waals surface area contributed by atoms with Gasteiger partial charge in [-0.2, -0.15) is 4.99 Å². The van der Waals surface area contributed by atoms with Crippen molar-refractivity contribution >= 4 is 6.08 Å². The van der Waals surface area contributed by atoms with Crippen LogP contribution in [0.2, 0.25) is 0 Å². The monoisotopic (exact) mass is 187 g/mol. The Labute approximate surface area is 84.0 Å². The van der Waals surface area contributed by atoms with Crippen LogP contribution in [0.4, 0.5) is 0 Å². The Balaban J connectivity index is 3.04. The zero-order valence-corrected chi connectivity index (χ0v) is 8.23. The van der Waals surface area contributed by atoms with Gasteiger partial charge in [-0.1, -0.05) is 37.8 Å². The molecule has 1 aliphatic rings. The summed E-state index contributed by atoms with van der Waals surface area (Å²) in [5, 5.41) is 0. The summed E-state index contributed by atoms with van der Waals surface area (Å²) in [6, 6.07) is 0. The predicted octanol–water partition coefficient (Wildman–Crippen LogP) is 2.91. The number of hydrogen-bond acceptors (Lipinski definition) is 2. The predicted molar refractivity (Wildman–Crippen MR) is 57.4 cm³/mol. The van der Waals surface area contributed by atoms with E-state index >= 15 is 0 Å². The number of hydrogen-bond donors (Lipinski definition) is 0. The van der Waals surface area contributed by atoms with E-state index in [1.54, 1.807) is 12.2 Å². The lowest BCUT2D eigenvalue weighted by Gasteiger charge is -2.11. The van der Waals surface area contributed by atoms with Gasteiger partial charge in [-0.25, -0.2) is 4.79 Å². The lowest BCUT2D eigenvalue weighted by Crippen LogP contribution is -1.98. The van der Waals surface area contributed by atoms with E-state index in [9.17, 15) is 4.79 Å². The second kappa shape index (κ2) is 5.15. The minimum atomic E-state index is 0.253. The Kier molecular flexibility index (Phi) is 3.84. The Morgan fingerprint density at radius 2 is 2.21 bits per heavy atom. The molecular weight excluding hydrogens is 174 g/mol. The van der Waals surface area contributed by atoms with Crippen LogP contribution in [0.3, 0.4) is 0 Å². The first kappa shape index (κ1) is 10.4. The van der Waals surface area contributed by atoms with Crippen LogP contribution in [0.25, 0.3) is 0 Å². The second-order valence-electron chi connectivity index (χ2n) is 3.10. The van der Waals surface area contributed by atoms with Crippen LogP contribution in [0, 0.1) is 5.92 Å². The molecule has 0 aromatic rings. The van der Waals surface area contributed by atoms with Crippen molar-refractivity contribution in [2.75, 3.05) is 0 Å². The smallest absolute Gasteiger partial charge is 0.211 e. The first-order valence-electron chi connectivity index (χ1n) is 4.61. The van der Waals surface area contributed by atoms with Crippen molar-refractivity contribution in [1.82, 2.24) is 0 Å². The number of carbonyl (C=O) groups excluding carboxylic acids is 1. The van der Waals surface area contributed by atoms with Gasteiger partial charge in [0.05, 0.1) is 5.70 Å². The molecule has 1 atom stereocenters. The SMILES string of the molecule is C=C1C=CC=CC(N=C=O)=CC1CC. The molecule has 0 fully saturated rings. The van der Waals surface area contributed by atoms with E-state index in [2.05, 4.69) is 18.5 Å². The van der Waals surface area contributed by atoms with E-state index in [1.165, 1.54) is 0 Å². The van der Waals surface area contributed by atoms with E-state index in [0.717, 1.165) is 12.0 Å². The third kappa shape index (κ3) is 2.68. The Hall–Kier alpha value is -1.66. The molecule has 0 spiro atoms. The van der Waals surface area contributed by atoms with Gasteiger partial charge in [0, 0.05) is 5.92 Å². The number of rotatable bonds is 2. The van der Waals surface area contributed by atoms with Crippen LogP contribution < -0.4 is 0 Å². The third-order valence-electron chi connectivity index (χ3n) is 2.15. The molecule has 1 aliphatic carbocycles. The molecule has 2 heteroatoms. The standard InChI is InChI=1S/C12H13NO/c1-3-11-8-12(13-9-14)7-5-4-6-10(11)2/h4-8,11H,2-3H2,1H3. The summed E-state index contributed by atoms with van der Waals surface area (Å²) >= 11 is 0. The molecule has 0 saturated carbocycles. The van der Waals surface area contributed by atoms with E-state index in [4.69, 9.17) is 0 Å². The summed E-state index contributed by atoms with van der Waals surface area (Å²) < 4.78 is 0. The van der Waals surface area contributed by atoms with Crippen LogP contribution in [-0.4, -0.2) is 6.08 Å². The summed E-state index contributed by atoms with van der Waals surface area (Å²) in [7, 11) is 0. The average Bonchev–Trinajstić information content (AvgIpc) is 2.17. The van der Waals surface area contributed by atoms with E-state index in [-0.39, 0.29) is 5.92 Å². The van der Waals surface area contributed by atoms with Crippen molar-refractivity contribution in [2.45, 2.75) is 13.3 Å². The fraction of sp³-hybridized carbons (Fsp3) is 0.250. The maximum Gasteiger partial charge on any atom is 0.240 e. The Morgan fingerprint density at radius 3 is 2.86 bits per heavy atom. The number of isocyanates is 1. The molecule has 0 heterocycles. The lowest BCUT2D eigenvalue weighted by molar-refractivity contribution is 0.564. The van der Waals surface area contributed by atoms with Gasteiger partial charge in [0.2, 0.25) is 6.08 Å². The molecule has 0 aromatic heterocycles. The topological polar surface area (TPSA) is 29.4 Å². The van der Waals surface area contributed by atoms with Gasteiger partial charge in [-0.05, 0) is 18.1 Å². The normalized spacial score (nSPS) is 20.8. The van der Waals surface area contributed by atoms with Gasteiger partial charge < -0.3 is 0 Å². The van der Waals surface area contributed by atoms with Gasteiger partial charge in [-0.3, -0.25) is 0 Å². The largest absolute Gasteiger partial charge is 0.240 e. The highest BCUT2D eigenvalue weighted by atomic mass is 16.1. The molecule has 0 bridgehead atoms. The summed E-state index contributed by atoms with van der Waals surface area (Å²) in [5.41, 5.74) is 1.69. The lowest BCUT2D eigenvalue weighted by atomic mass is 9.95. The molecule has 72 valence electrons. The minimum absolute atomic E-state index is 0.253. The second-order valence-corrected chi connectivity index (χ2v) is 3.10. The van der Waals surface area contributed by atoms with Crippen LogP contribution in [-0.2, 0) is 4.79 Å². The first-order chi connectivity index (χ1) is 6.77. The van der Waals surface area contributed by atoms with Crippen molar-refractivity contribution in [2.24, 2.45) is 10.9 Å². The molecule has 1 rings (SSSR count). The summed E-state index contributed by atoms with van der Waals surface area (Å²) in [5.74, 6) is 0.253. The fourth-order valence-electron chi connectivity index (χ4n) is 1.33. The third-order valence-corrected chi connectivity index (χ3v) is 2.15. The number of aliphatic imine (C=N–C) groups is 1. The molecule has 0 aliphatic heterocycles. The summed E-state index contributed by atoms with van der Waals surface area (Å²) in [6.45, 7) is 6.03. The van der Waals surface area contributed by atoms with Gasteiger partial charge in [0.25, 0.3) is 0 Å². The van der Waals surface area contributed by atoms with Crippen LogP contribution in [0.5, 0.6) is 0 Å². The van der Waals surface area contributed by atoms with Crippen LogP contribution in [0.15, 0.2) is 53.2 Å². The zero-order valence-electron chi connectivity index (χ0n) is 8.23. The van der Waals surface area contributed by atoms with E-state index in [0.29, 0.717) is 5.70 Å². The van der Waals surface area contributed by atoms with Crippen molar-refractivity contribution in [1.29, 1.82) is 0 Å². The molecule has 2 nitrogen and oxygen atoms in total. The maximum atomic E-state index is 10.1. The van der Waals surface area contributed by atoms with Crippen molar-refractivity contribution in [3.05, 3.63) is 48.2 Å². The van der Waals surface area contributed by atoms with E-state index in [1.807, 2.05) is 24.3 Å². The van der Waals surface area contributed by atoms with Gasteiger partial charge >= 0.3 is 0 Å². The Bertz CT molecular complexity index is 355. The van der Waals surface area contributed by atoms with Crippen LogP contribution >= 0.6 is 0 Å². The van der Waals surface area contributed by atoms with Crippen molar-refractivity contribution in [3.63, 3.8) is 0 Å². The summed E-state index contributed by atoms with van der Waals surface area (Å²) in [4.78, 5) is 13.8. The van der Waals surface area contributed by atoms with Gasteiger partial charge in [0.1, 0.15) is 0 Å². The quantitative estimate of drug-likeness (QED) is 0.482. The molecule has 0 N–H and O–H groups in total. The van der Waals surface area contributed by atoms with Gasteiger partial charge in [0.15, 0.2) is 0 Å². The highest BCUT2D eigenvalue weighted by molar-refractivity contribution is 5.42. The zero-order chi connectivity index (χ0) is 10.4. The fourth-order valence-corrected chi connectivity index (χ4v) is 1.33. The highest BCUT2D eigenvalue weighted by Gasteiger charge is 2.06. The highest BCUT2D eigenvalue weighted by Crippen LogP contribution is 2.20. The van der Waals surface area contributed by atoms with E-state index < -0.39 is 0 Å². The van der Waals surface area contributed by atoms with Gasteiger partial charge in [-0.15, -0.1) is 0 Å². The molecule has 0 amide bonds. The summed E-state index contributed by atoms with van der Waals surface area (Å²) in [6.07, 6.45) is 11.9. The first-order valence-corrected chi connectivity index (χ1v) is 4.61. The van der Waals surface area contributed by atoms with Crippen molar-refractivity contribution < 1.29 is 4.79 Å². The minimum Gasteiger partial charge on any atom is -0.211 e. The van der Waals surface area contributed by atoms with Crippen LogP contribution in [0.1, 0.15) is 13.3 Å². The molecule has 1 unspecified atom stereocenters. The maximum absolute atomic E-state index is 10.1.